The molecule has 6 nitrogen and oxygen atoms in total. The van der Waals surface area contributed by atoms with Crippen molar-refractivity contribution >= 4 is 21.8 Å². The Morgan fingerprint density at radius 2 is 2.00 bits per heavy atom. The first kappa shape index (κ1) is 13.1. The van der Waals surface area contributed by atoms with Gasteiger partial charge >= 0.3 is 0 Å². The van der Waals surface area contributed by atoms with Crippen LogP contribution in [0.3, 0.4) is 0 Å². The highest BCUT2D eigenvalue weighted by Crippen LogP contribution is 2.23. The zero-order valence-electron chi connectivity index (χ0n) is 11.5. The van der Waals surface area contributed by atoms with Crippen LogP contribution in [0.5, 0.6) is 0 Å². The summed E-state index contributed by atoms with van der Waals surface area (Å²) in [6.07, 6.45) is 1.79. The van der Waals surface area contributed by atoms with Crippen molar-refractivity contribution in [1.82, 2.24) is 25.9 Å². The summed E-state index contributed by atoms with van der Waals surface area (Å²) in [4.78, 5) is 0. The number of aromatic nitrogens is 2. The number of nitrogens with zero attached hydrogens (tertiary/aromatic N) is 4. The number of hydrogen-bond donors (Lipinski definition) is 2. The minimum Gasteiger partial charge on any atom is -0.274 e. The molecule has 0 fully saturated rings. The number of benzene rings is 1. The van der Waals surface area contributed by atoms with Crippen molar-refractivity contribution in [2.24, 2.45) is 5.10 Å². The molecule has 0 saturated carbocycles. The first-order chi connectivity index (χ1) is 9.58. The van der Waals surface area contributed by atoms with E-state index in [-0.39, 0.29) is 0 Å². The molecule has 3 rings (SSSR count). The molecule has 1 aliphatic rings. The Balaban J connectivity index is 2.04. The van der Waals surface area contributed by atoms with Gasteiger partial charge in [-0.15, -0.1) is 10.6 Å². The highest BCUT2D eigenvalue weighted by Gasteiger charge is 2.21. The average Bonchev–Trinajstić information content (AvgIpc) is 2.99. The first-order valence-electron chi connectivity index (χ1n) is 6.21. The minimum absolute atomic E-state index is 0.784. The summed E-state index contributed by atoms with van der Waals surface area (Å²) in [5.74, 6) is 0.784. The zero-order valence-corrected chi connectivity index (χ0v) is 13.1. The second kappa shape index (κ2) is 4.92. The van der Waals surface area contributed by atoms with Gasteiger partial charge in [0.05, 0.1) is 17.4 Å². The average molecular weight is 335 g/mol. The molecule has 0 amide bonds. The van der Waals surface area contributed by atoms with Gasteiger partial charge in [-0.25, -0.2) is 10.2 Å². The smallest absolute Gasteiger partial charge is 0.177 e. The van der Waals surface area contributed by atoms with Crippen LogP contribution in [0.25, 0.3) is 5.69 Å². The molecule has 20 heavy (non-hydrogen) atoms. The third-order valence-corrected chi connectivity index (χ3v) is 4.15. The van der Waals surface area contributed by atoms with Crippen molar-refractivity contribution < 1.29 is 0 Å². The number of nitrogens with one attached hydrogen (secondary N) is 2. The molecule has 1 aromatic carbocycles. The molecular formula is C13H15BrN6. The predicted molar refractivity (Wildman–Crippen MR) is 81.3 cm³/mol. The van der Waals surface area contributed by atoms with Gasteiger partial charge < -0.3 is 0 Å². The van der Waals surface area contributed by atoms with Crippen LogP contribution in [0, 0.1) is 13.8 Å². The van der Waals surface area contributed by atoms with Gasteiger partial charge in [-0.2, -0.15) is 5.10 Å². The molecular weight excluding hydrogens is 320 g/mol. The van der Waals surface area contributed by atoms with Gasteiger partial charge in [0, 0.05) is 7.05 Å². The van der Waals surface area contributed by atoms with Gasteiger partial charge in [0.1, 0.15) is 4.60 Å². The number of hydrazine groups is 2. The summed E-state index contributed by atoms with van der Waals surface area (Å²) in [6, 6.07) is 6.27. The molecule has 2 heterocycles. The van der Waals surface area contributed by atoms with Gasteiger partial charge in [-0.05, 0) is 53.0 Å². The van der Waals surface area contributed by atoms with Crippen molar-refractivity contribution in [1.29, 1.82) is 0 Å². The lowest BCUT2D eigenvalue weighted by Gasteiger charge is -2.11. The fourth-order valence-corrected chi connectivity index (χ4v) is 2.62. The molecule has 0 bridgehead atoms. The Hall–Kier alpha value is -1.86. The maximum atomic E-state index is 4.44. The molecule has 0 unspecified atom stereocenters. The summed E-state index contributed by atoms with van der Waals surface area (Å²) in [5, 5.41) is 10.4. The highest BCUT2D eigenvalue weighted by molar-refractivity contribution is 9.10. The Morgan fingerprint density at radius 1 is 1.20 bits per heavy atom. The lowest BCUT2D eigenvalue weighted by molar-refractivity contribution is 0.349. The third-order valence-electron chi connectivity index (χ3n) is 3.38. The van der Waals surface area contributed by atoms with E-state index in [1.807, 2.05) is 11.7 Å². The molecule has 1 aromatic heterocycles. The van der Waals surface area contributed by atoms with Crippen LogP contribution in [0.15, 0.2) is 34.1 Å². The number of hydrogen-bond acceptors (Lipinski definition) is 5. The number of aryl methyl sites for hydroxylation is 2. The summed E-state index contributed by atoms with van der Waals surface area (Å²) in [5.41, 5.74) is 10.1. The molecule has 104 valence electrons. The van der Waals surface area contributed by atoms with Gasteiger partial charge in [0.25, 0.3) is 0 Å². The van der Waals surface area contributed by atoms with Crippen molar-refractivity contribution in [2.75, 3.05) is 7.05 Å². The minimum atomic E-state index is 0.784. The molecule has 2 aromatic rings. The molecule has 2 N–H and O–H groups in total. The topological polar surface area (TPSA) is 57.5 Å². The maximum absolute atomic E-state index is 4.44. The van der Waals surface area contributed by atoms with E-state index < -0.39 is 0 Å². The fourth-order valence-electron chi connectivity index (χ4n) is 2.04. The van der Waals surface area contributed by atoms with Crippen LogP contribution >= 0.6 is 15.9 Å². The van der Waals surface area contributed by atoms with Crippen molar-refractivity contribution in [3.8, 4) is 5.69 Å². The molecule has 7 heteroatoms. The lowest BCUT2D eigenvalue weighted by atomic mass is 10.1. The van der Waals surface area contributed by atoms with Crippen LogP contribution in [0.4, 0.5) is 0 Å². The fraction of sp³-hybridized carbons (Fsp3) is 0.231. The van der Waals surface area contributed by atoms with E-state index in [4.69, 9.17) is 0 Å². The molecule has 0 radical (unpaired) electrons. The van der Waals surface area contributed by atoms with E-state index in [0.29, 0.717) is 0 Å². The van der Waals surface area contributed by atoms with E-state index in [0.717, 1.165) is 21.7 Å². The molecule has 0 spiro atoms. The molecule has 0 saturated heterocycles. The summed E-state index contributed by atoms with van der Waals surface area (Å²) < 4.78 is 2.73. The summed E-state index contributed by atoms with van der Waals surface area (Å²) >= 11 is 3.61. The number of amidine groups is 1. The SMILES string of the molecule is Cc1ccc(-n2ncc(C3=NNNN3C)c2Br)cc1C. The summed E-state index contributed by atoms with van der Waals surface area (Å²) in [6.45, 7) is 4.20. The third kappa shape index (κ3) is 2.08. The predicted octanol–water partition coefficient (Wildman–Crippen LogP) is 1.87. The molecule has 0 atom stereocenters. The maximum Gasteiger partial charge on any atom is 0.177 e. The number of halogens is 1. The Morgan fingerprint density at radius 3 is 2.65 bits per heavy atom. The second-order valence-electron chi connectivity index (χ2n) is 4.75. The molecule has 0 aliphatic carbocycles. The van der Waals surface area contributed by atoms with Crippen LogP contribution < -0.4 is 11.1 Å². The van der Waals surface area contributed by atoms with Gasteiger partial charge in [-0.3, -0.25) is 5.01 Å². The zero-order chi connectivity index (χ0) is 14.3. The van der Waals surface area contributed by atoms with Crippen LogP contribution in [-0.4, -0.2) is 27.7 Å². The van der Waals surface area contributed by atoms with Crippen molar-refractivity contribution in [2.45, 2.75) is 13.8 Å². The van der Waals surface area contributed by atoms with Crippen LogP contribution in [0.2, 0.25) is 0 Å². The lowest BCUT2D eigenvalue weighted by Crippen LogP contribution is -2.37. The van der Waals surface area contributed by atoms with E-state index in [2.05, 4.69) is 69.2 Å². The number of hydrazone groups is 1. The first-order valence-corrected chi connectivity index (χ1v) is 7.01. The largest absolute Gasteiger partial charge is 0.274 e. The standard InChI is InChI=1S/C13H15BrN6/c1-8-4-5-10(6-9(8)2)20-12(14)11(7-15-20)13-16-17-18-19(13)3/h4-7,17-18H,1-3H3. The Kier molecular flexibility index (Phi) is 3.23. The van der Waals surface area contributed by atoms with Crippen molar-refractivity contribution in [3.63, 3.8) is 0 Å². The van der Waals surface area contributed by atoms with E-state index in [1.54, 1.807) is 11.2 Å². The second-order valence-corrected chi connectivity index (χ2v) is 5.50. The van der Waals surface area contributed by atoms with Crippen molar-refractivity contribution in [3.05, 3.63) is 45.7 Å². The van der Waals surface area contributed by atoms with Gasteiger partial charge in [0.15, 0.2) is 5.84 Å². The Bertz CT molecular complexity index is 690. The monoisotopic (exact) mass is 334 g/mol. The number of rotatable bonds is 2. The Labute approximate surface area is 125 Å². The van der Waals surface area contributed by atoms with Crippen LogP contribution in [0.1, 0.15) is 16.7 Å². The van der Waals surface area contributed by atoms with Gasteiger partial charge in [-0.1, -0.05) is 6.07 Å². The highest BCUT2D eigenvalue weighted by atomic mass is 79.9. The summed E-state index contributed by atoms with van der Waals surface area (Å²) in [7, 11) is 1.89. The van der Waals surface area contributed by atoms with Crippen LogP contribution in [-0.2, 0) is 0 Å². The van der Waals surface area contributed by atoms with E-state index in [9.17, 15) is 0 Å². The quantitative estimate of drug-likeness (QED) is 0.880. The molecule has 1 aliphatic heterocycles. The van der Waals surface area contributed by atoms with Gasteiger partial charge in [0.2, 0.25) is 0 Å². The van der Waals surface area contributed by atoms with E-state index >= 15 is 0 Å². The normalized spacial score (nSPS) is 14.4. The van der Waals surface area contributed by atoms with E-state index in [1.165, 1.54) is 11.1 Å².